The number of carbonyl (C=O) groups excluding carboxylic acids is 1. The summed E-state index contributed by atoms with van der Waals surface area (Å²) in [6, 6.07) is 12.6. The fraction of sp³-hybridized carbons (Fsp3) is 0.375. The molecular weight excluding hydrogens is 581 g/mol. The van der Waals surface area contributed by atoms with Gasteiger partial charge in [0.1, 0.15) is 28.7 Å². The smallest absolute Gasteiger partial charge is 0.292 e. The second-order valence-corrected chi connectivity index (χ2v) is 13.2. The Kier molecular flexibility index (Phi) is 6.37. The molecule has 0 saturated carbocycles. The molecule has 1 aromatic carbocycles. The number of ether oxygens (including phenoxy) is 2. The first-order valence-corrected chi connectivity index (χ1v) is 15.4. The molecule has 0 radical (unpaired) electrons. The van der Waals surface area contributed by atoms with Gasteiger partial charge in [0.05, 0.1) is 16.9 Å². The number of carbonyl (C=O) groups is 1. The molecule has 7 rings (SSSR count). The summed E-state index contributed by atoms with van der Waals surface area (Å²) >= 11 is 1.30. The van der Waals surface area contributed by atoms with E-state index in [2.05, 4.69) is 36.9 Å². The van der Waals surface area contributed by atoms with Crippen LogP contribution in [0.2, 0.25) is 0 Å². The van der Waals surface area contributed by atoms with Gasteiger partial charge in [-0.25, -0.2) is 13.9 Å². The average Bonchev–Trinajstić information content (AvgIpc) is 3.66. The van der Waals surface area contributed by atoms with Crippen LogP contribution in [0.1, 0.15) is 37.0 Å². The van der Waals surface area contributed by atoms with E-state index in [1.807, 2.05) is 21.4 Å². The first-order chi connectivity index (χ1) is 21.0. The lowest BCUT2D eigenvalue weighted by atomic mass is 9.72. The number of halogens is 1. The van der Waals surface area contributed by atoms with Gasteiger partial charge in [-0.05, 0) is 49.7 Å². The SMILES string of the molecule is CCc1nn2c(C)cc(N3CC4(CN(C(=O)C5=COC(C)(C)O5)C4)C3)cc2c1N(C)c1nc(-c2ccc(F)cc2)c(C#N)s1. The Bertz CT molecular complexity index is 1870. The maximum absolute atomic E-state index is 13.6. The number of anilines is 3. The highest BCUT2D eigenvalue weighted by Gasteiger charge is 2.54. The minimum atomic E-state index is -0.808. The van der Waals surface area contributed by atoms with E-state index >= 15 is 0 Å². The fourth-order valence-corrected chi connectivity index (χ4v) is 7.20. The number of hydrogen-bond donors (Lipinski definition) is 0. The molecule has 0 aliphatic carbocycles. The number of benzene rings is 1. The second-order valence-electron chi connectivity index (χ2n) is 12.3. The molecule has 0 N–H and O–H groups in total. The van der Waals surface area contributed by atoms with Crippen LogP contribution in [0.15, 0.2) is 48.4 Å². The van der Waals surface area contributed by atoms with Gasteiger partial charge in [-0.15, -0.1) is 0 Å². The molecule has 44 heavy (non-hydrogen) atoms. The first-order valence-electron chi connectivity index (χ1n) is 14.5. The Morgan fingerprint density at radius 3 is 2.55 bits per heavy atom. The van der Waals surface area contributed by atoms with Gasteiger partial charge in [-0.1, -0.05) is 18.3 Å². The zero-order chi connectivity index (χ0) is 31.0. The third-order valence-corrected chi connectivity index (χ3v) is 9.54. The molecule has 12 heteroatoms. The highest BCUT2D eigenvalue weighted by Crippen LogP contribution is 2.45. The predicted octanol–water partition coefficient (Wildman–Crippen LogP) is 5.38. The number of fused-ring (bicyclic) bond motifs is 1. The van der Waals surface area contributed by atoms with Crippen molar-refractivity contribution in [2.75, 3.05) is 43.0 Å². The van der Waals surface area contributed by atoms with Crippen LogP contribution in [0, 0.1) is 29.5 Å². The summed E-state index contributed by atoms with van der Waals surface area (Å²) in [5.41, 5.74) is 6.23. The van der Waals surface area contributed by atoms with Crippen LogP contribution in [-0.2, 0) is 20.7 Å². The maximum atomic E-state index is 13.6. The third-order valence-electron chi connectivity index (χ3n) is 8.51. The van der Waals surface area contributed by atoms with E-state index in [4.69, 9.17) is 19.6 Å². The van der Waals surface area contributed by atoms with E-state index in [1.165, 1.54) is 29.7 Å². The van der Waals surface area contributed by atoms with E-state index in [9.17, 15) is 14.4 Å². The minimum Gasteiger partial charge on any atom is -0.456 e. The lowest BCUT2D eigenvalue weighted by Gasteiger charge is -2.60. The van der Waals surface area contributed by atoms with Crippen LogP contribution < -0.4 is 9.80 Å². The Labute approximate surface area is 258 Å². The summed E-state index contributed by atoms with van der Waals surface area (Å²) < 4.78 is 26.6. The standard InChI is InChI=1S/C32H32FN7O3S/c1-6-23-28(37(5)30-35-27(26(13-34)44-30)20-7-9-21(33)10-8-20)24-12-22(11-19(2)40(24)36-23)38-15-32(16-38)17-39(18-32)29(41)25-14-42-31(3,4)43-25/h7-12,14H,6,15-18H2,1-5H3. The monoisotopic (exact) mass is 613 g/mol. The van der Waals surface area contributed by atoms with Crippen molar-refractivity contribution in [1.82, 2.24) is 19.5 Å². The molecule has 1 amide bonds. The van der Waals surface area contributed by atoms with Gasteiger partial charge in [0, 0.05) is 69.4 Å². The molecule has 2 saturated heterocycles. The summed E-state index contributed by atoms with van der Waals surface area (Å²) in [7, 11) is 1.95. The number of rotatable bonds is 6. The van der Waals surface area contributed by atoms with E-state index < -0.39 is 5.79 Å². The minimum absolute atomic E-state index is 0.0744. The molecule has 0 atom stereocenters. The molecule has 226 valence electrons. The van der Waals surface area contributed by atoms with Crippen LogP contribution in [0.3, 0.4) is 0 Å². The van der Waals surface area contributed by atoms with Crippen LogP contribution in [0.4, 0.5) is 20.9 Å². The van der Waals surface area contributed by atoms with E-state index in [-0.39, 0.29) is 22.9 Å². The summed E-state index contributed by atoms with van der Waals surface area (Å²) in [5.74, 6) is -1.01. The maximum Gasteiger partial charge on any atom is 0.292 e. The van der Waals surface area contributed by atoms with Gasteiger partial charge >= 0.3 is 0 Å². The molecule has 1 spiro atoms. The number of hydrogen-bond acceptors (Lipinski definition) is 9. The normalized spacial score (nSPS) is 17.9. The highest BCUT2D eigenvalue weighted by atomic mass is 32.1. The van der Waals surface area contributed by atoms with Crippen LogP contribution >= 0.6 is 11.3 Å². The number of amides is 1. The van der Waals surface area contributed by atoms with Crippen molar-refractivity contribution in [1.29, 1.82) is 5.26 Å². The number of aromatic nitrogens is 3. The number of thiazole rings is 1. The molecule has 6 heterocycles. The van der Waals surface area contributed by atoms with Crippen LogP contribution in [0.25, 0.3) is 16.8 Å². The molecule has 0 unspecified atom stereocenters. The molecule has 10 nitrogen and oxygen atoms in total. The van der Waals surface area contributed by atoms with Crippen molar-refractivity contribution in [3.05, 3.63) is 70.5 Å². The number of nitrogens with zero attached hydrogens (tertiary/aromatic N) is 7. The molecule has 0 bridgehead atoms. The van der Waals surface area contributed by atoms with Crippen LogP contribution in [-0.4, -0.2) is 64.4 Å². The fourth-order valence-electron chi connectivity index (χ4n) is 6.35. The molecule has 3 aromatic heterocycles. The molecule has 4 aromatic rings. The van der Waals surface area contributed by atoms with Crippen molar-refractivity contribution in [2.24, 2.45) is 5.41 Å². The van der Waals surface area contributed by atoms with Crippen molar-refractivity contribution in [3.63, 3.8) is 0 Å². The summed E-state index contributed by atoms with van der Waals surface area (Å²) in [6.45, 7) is 10.8. The molecule has 2 fully saturated rings. The van der Waals surface area contributed by atoms with Crippen molar-refractivity contribution in [2.45, 2.75) is 39.9 Å². The van der Waals surface area contributed by atoms with Gasteiger partial charge in [-0.2, -0.15) is 10.4 Å². The van der Waals surface area contributed by atoms with Gasteiger partial charge in [0.15, 0.2) is 5.13 Å². The number of aryl methyl sites for hydroxylation is 2. The highest BCUT2D eigenvalue weighted by molar-refractivity contribution is 7.16. The van der Waals surface area contributed by atoms with Gasteiger partial charge in [0.2, 0.25) is 11.5 Å². The number of nitriles is 1. The lowest BCUT2D eigenvalue weighted by Crippen LogP contribution is -2.73. The number of pyridine rings is 1. The van der Waals surface area contributed by atoms with Gasteiger partial charge in [-0.3, -0.25) is 4.79 Å². The molecule has 3 aliphatic heterocycles. The van der Waals surface area contributed by atoms with Crippen molar-refractivity contribution < 1.29 is 18.7 Å². The van der Waals surface area contributed by atoms with Gasteiger partial charge < -0.3 is 24.2 Å². The first kappa shape index (κ1) is 28.2. The quantitative estimate of drug-likeness (QED) is 0.286. The largest absolute Gasteiger partial charge is 0.456 e. The average molecular weight is 614 g/mol. The van der Waals surface area contributed by atoms with E-state index in [1.54, 1.807) is 26.0 Å². The summed E-state index contributed by atoms with van der Waals surface area (Å²) in [6.07, 6.45) is 2.13. The Balaban J connectivity index is 1.13. The third kappa shape index (κ3) is 4.54. The number of likely N-dealkylation sites (tertiary alicyclic amines) is 1. The predicted molar refractivity (Wildman–Crippen MR) is 165 cm³/mol. The lowest BCUT2D eigenvalue weighted by molar-refractivity contribution is -0.154. The van der Waals surface area contributed by atoms with E-state index in [0.717, 1.165) is 47.8 Å². The van der Waals surface area contributed by atoms with Crippen LogP contribution in [0.5, 0.6) is 0 Å². The Morgan fingerprint density at radius 1 is 1.18 bits per heavy atom. The zero-order valence-electron chi connectivity index (χ0n) is 25.2. The summed E-state index contributed by atoms with van der Waals surface area (Å²) in [4.78, 5) is 24.3. The van der Waals surface area contributed by atoms with Crippen molar-refractivity contribution in [3.8, 4) is 17.3 Å². The Hall–Kier alpha value is -4.63. The van der Waals surface area contributed by atoms with Crippen molar-refractivity contribution >= 4 is 39.3 Å². The molecule has 3 aliphatic rings. The topological polar surface area (TPSA) is 99.2 Å². The van der Waals surface area contributed by atoms with Gasteiger partial charge in [0.25, 0.3) is 5.91 Å². The summed E-state index contributed by atoms with van der Waals surface area (Å²) in [5, 5.41) is 15.4. The zero-order valence-corrected chi connectivity index (χ0v) is 26.0. The Morgan fingerprint density at radius 2 is 1.91 bits per heavy atom. The van der Waals surface area contributed by atoms with E-state index in [0.29, 0.717) is 34.4 Å². The molecular formula is C32H32FN7O3S. The second kappa shape index (κ2) is 9.95.